The van der Waals surface area contributed by atoms with Gasteiger partial charge in [0, 0.05) is 0 Å². The molecule has 0 aliphatic carbocycles. The molecule has 0 bridgehead atoms. The maximum absolute atomic E-state index is 3.25. The first-order valence-corrected chi connectivity index (χ1v) is 11.6. The highest BCUT2D eigenvalue weighted by Gasteiger charge is 2.21. The van der Waals surface area contributed by atoms with Crippen LogP contribution in [0.2, 0.25) is 0 Å². The molecule has 0 unspecified atom stereocenters. The van der Waals surface area contributed by atoms with Crippen molar-refractivity contribution in [3.63, 3.8) is 0 Å². The van der Waals surface area contributed by atoms with Gasteiger partial charge in [-0.2, -0.15) is 0 Å². The van der Waals surface area contributed by atoms with Crippen LogP contribution in [-0.2, 0) is 0 Å². The summed E-state index contributed by atoms with van der Waals surface area (Å²) in [5.74, 6) is 0. The van der Waals surface area contributed by atoms with E-state index in [1.165, 1.54) is 65.3 Å². The van der Waals surface area contributed by atoms with E-state index in [1.54, 1.807) is 0 Å². The van der Waals surface area contributed by atoms with Gasteiger partial charge in [-0.3, -0.25) is 0 Å². The zero-order chi connectivity index (χ0) is 22.5. The summed E-state index contributed by atoms with van der Waals surface area (Å²) in [6.07, 6.45) is 0. The van der Waals surface area contributed by atoms with Crippen LogP contribution in [-0.4, -0.2) is 0 Å². The maximum Gasteiger partial charge on any atom is -0.000231 e. The molecule has 0 heteroatoms. The lowest BCUT2D eigenvalue weighted by atomic mass is 9.82. The summed E-state index contributed by atoms with van der Waals surface area (Å²) < 4.78 is 0. The molecule has 7 aromatic rings. The molecule has 0 saturated heterocycles. The van der Waals surface area contributed by atoms with Crippen molar-refractivity contribution >= 4 is 43.1 Å². The first-order chi connectivity index (χ1) is 16.9. The Morgan fingerprint density at radius 2 is 0.676 bits per heavy atom. The molecular weight excluding hydrogens is 408 g/mol. The van der Waals surface area contributed by atoms with Crippen LogP contribution in [0.25, 0.3) is 65.3 Å². The molecule has 0 aliphatic rings. The Balaban J connectivity index is 1.89. The van der Waals surface area contributed by atoms with Gasteiger partial charge in [-0.1, -0.05) is 121 Å². The second-order valence-corrected chi connectivity index (χ2v) is 8.73. The predicted octanol–water partition coefficient (Wildman–Crippen LogP) is 9.23. The predicted molar refractivity (Wildman–Crippen MR) is 145 cm³/mol. The van der Waals surface area contributed by atoms with Crippen LogP contribution in [0.3, 0.4) is 0 Å². The maximum atomic E-state index is 3.25. The third-order valence-corrected chi connectivity index (χ3v) is 6.90. The van der Waals surface area contributed by atoms with E-state index < -0.39 is 0 Å². The van der Waals surface area contributed by atoms with E-state index in [1.807, 2.05) is 0 Å². The van der Waals surface area contributed by atoms with E-state index >= 15 is 0 Å². The number of fused-ring (bicyclic) bond motifs is 7. The Morgan fingerprint density at radius 1 is 0.324 bits per heavy atom. The van der Waals surface area contributed by atoms with Gasteiger partial charge in [0.1, 0.15) is 0 Å². The van der Waals surface area contributed by atoms with E-state index in [9.17, 15) is 0 Å². The third-order valence-electron chi connectivity index (χ3n) is 6.90. The Morgan fingerprint density at radius 3 is 1.09 bits per heavy atom. The van der Waals surface area contributed by atoms with Crippen molar-refractivity contribution in [1.29, 1.82) is 0 Å². The lowest BCUT2D eigenvalue weighted by Gasteiger charge is -2.21. The molecule has 156 valence electrons. The number of hydrogen-bond donors (Lipinski definition) is 0. The number of hydrogen-bond acceptors (Lipinski definition) is 0. The Kier molecular flexibility index (Phi) is 4.16. The topological polar surface area (TPSA) is 0 Å². The summed E-state index contributed by atoms with van der Waals surface area (Å²) in [5.41, 5.74) is 4.96. The van der Waals surface area contributed by atoms with Gasteiger partial charge in [-0.25, -0.2) is 0 Å². The zero-order valence-corrected chi connectivity index (χ0v) is 18.5. The fourth-order valence-corrected chi connectivity index (χ4v) is 5.54. The fourth-order valence-electron chi connectivity index (χ4n) is 5.54. The first kappa shape index (κ1) is 18.9. The minimum Gasteiger partial charge on any atom is -0.0696 e. The lowest BCUT2D eigenvalue weighted by molar-refractivity contribution is 1.66. The van der Waals surface area contributed by atoms with E-state index in [2.05, 4.69) is 133 Å². The molecule has 0 N–H and O–H groups in total. The summed E-state index contributed by atoms with van der Waals surface area (Å²) in [7, 11) is 0. The van der Waals surface area contributed by atoms with Gasteiger partial charge in [-0.15, -0.1) is 0 Å². The smallest absolute Gasteiger partial charge is 0.000231 e. The molecular formula is C34H20. The number of benzene rings is 6. The Labute approximate surface area is 198 Å². The normalized spacial score (nSPS) is 11.3. The Bertz CT molecular complexity index is 1690. The second kappa shape index (κ2) is 7.48. The van der Waals surface area contributed by atoms with Crippen LogP contribution in [0.1, 0.15) is 0 Å². The molecule has 0 aromatic heterocycles. The van der Waals surface area contributed by atoms with Crippen LogP contribution in [0.4, 0.5) is 0 Å². The highest BCUT2D eigenvalue weighted by Crippen LogP contribution is 2.48. The van der Waals surface area contributed by atoms with Gasteiger partial charge >= 0.3 is 0 Å². The van der Waals surface area contributed by atoms with Crippen molar-refractivity contribution in [2.75, 3.05) is 0 Å². The summed E-state index contributed by atoms with van der Waals surface area (Å²) in [6, 6.07) is 49.9. The molecule has 0 aliphatic heterocycles. The first-order valence-electron chi connectivity index (χ1n) is 11.6. The average Bonchev–Trinajstić information content (AvgIpc) is 2.93. The van der Waals surface area contributed by atoms with Crippen molar-refractivity contribution in [2.24, 2.45) is 0 Å². The molecule has 0 amide bonds. The van der Waals surface area contributed by atoms with E-state index in [4.69, 9.17) is 0 Å². The number of rotatable bonds is 2. The largest absolute Gasteiger partial charge is 0.0696 e. The fraction of sp³-hybridized carbons (Fsp3) is 0. The SMILES string of the molecule is c1cc2c(-c3ccccc3)c3c4ccccc4c4ccccc4c3c(-c3ccccc3)c2cc#1. The molecule has 0 radical (unpaired) electrons. The minimum atomic E-state index is 1.21. The molecule has 0 heterocycles. The van der Waals surface area contributed by atoms with Gasteiger partial charge < -0.3 is 0 Å². The summed E-state index contributed by atoms with van der Waals surface area (Å²) in [6.45, 7) is 0. The lowest BCUT2D eigenvalue weighted by Crippen LogP contribution is -1.93. The summed E-state index contributed by atoms with van der Waals surface area (Å²) in [4.78, 5) is 0. The van der Waals surface area contributed by atoms with E-state index in [0.717, 1.165) is 0 Å². The third kappa shape index (κ3) is 2.68. The summed E-state index contributed by atoms with van der Waals surface area (Å²) in [5, 5.41) is 10.1. The molecule has 7 rings (SSSR count). The summed E-state index contributed by atoms with van der Waals surface area (Å²) >= 11 is 0. The van der Waals surface area contributed by atoms with E-state index in [-0.39, 0.29) is 0 Å². The van der Waals surface area contributed by atoms with Crippen LogP contribution < -0.4 is 0 Å². The minimum absolute atomic E-state index is 1.21. The van der Waals surface area contributed by atoms with Crippen LogP contribution in [0.15, 0.2) is 121 Å². The second-order valence-electron chi connectivity index (χ2n) is 8.73. The Hall–Kier alpha value is -4.60. The molecule has 34 heavy (non-hydrogen) atoms. The van der Waals surface area contributed by atoms with Crippen molar-refractivity contribution in [3.8, 4) is 22.3 Å². The molecule has 0 atom stereocenters. The van der Waals surface area contributed by atoms with Crippen molar-refractivity contribution < 1.29 is 0 Å². The van der Waals surface area contributed by atoms with E-state index in [0.29, 0.717) is 0 Å². The van der Waals surface area contributed by atoms with Gasteiger partial charge in [0.25, 0.3) is 0 Å². The van der Waals surface area contributed by atoms with Crippen molar-refractivity contribution in [3.05, 3.63) is 133 Å². The van der Waals surface area contributed by atoms with Crippen LogP contribution >= 0.6 is 0 Å². The molecule has 0 nitrogen and oxygen atoms in total. The van der Waals surface area contributed by atoms with Gasteiger partial charge in [0.05, 0.1) is 0 Å². The monoisotopic (exact) mass is 428 g/mol. The highest BCUT2D eigenvalue weighted by molar-refractivity contribution is 6.36. The zero-order valence-electron chi connectivity index (χ0n) is 18.5. The quantitative estimate of drug-likeness (QED) is 0.241. The standard InChI is InChI=1S/C34H20/c1-3-13-23(14-4-1)31-29-21-11-12-22-30(29)32(24-15-5-2-6-16-24)34-28-20-10-8-18-26(28)25-17-7-9-19-27(25)33(31)34/h1-10,13-22H. The van der Waals surface area contributed by atoms with Crippen LogP contribution in [0.5, 0.6) is 0 Å². The van der Waals surface area contributed by atoms with Crippen LogP contribution in [0, 0.1) is 12.1 Å². The highest BCUT2D eigenvalue weighted by atomic mass is 14.2. The van der Waals surface area contributed by atoms with Crippen molar-refractivity contribution in [1.82, 2.24) is 0 Å². The van der Waals surface area contributed by atoms with Gasteiger partial charge in [0.2, 0.25) is 0 Å². The molecule has 0 saturated carbocycles. The average molecular weight is 429 g/mol. The van der Waals surface area contributed by atoms with Gasteiger partial charge in [0.15, 0.2) is 0 Å². The molecule has 0 fully saturated rings. The molecule has 7 aromatic carbocycles. The molecule has 0 spiro atoms. The van der Waals surface area contributed by atoms with Crippen molar-refractivity contribution in [2.45, 2.75) is 0 Å². The van der Waals surface area contributed by atoms with Gasteiger partial charge in [-0.05, 0) is 77.5 Å².